The molecule has 0 heterocycles. The molecule has 3 heteroatoms. The van der Waals surface area contributed by atoms with E-state index < -0.39 is 0 Å². The third kappa shape index (κ3) is 7.98. The average Bonchev–Trinajstić information content (AvgIpc) is 1.96. The summed E-state index contributed by atoms with van der Waals surface area (Å²) < 4.78 is 10.6. The maximum absolute atomic E-state index is 5.62. The van der Waals surface area contributed by atoms with Crippen LogP contribution in [-0.2, 0) is 9.47 Å². The SMILES string of the molecule is CC(C)COC(N)COC(C)C. The van der Waals surface area contributed by atoms with Crippen LogP contribution in [0.3, 0.4) is 0 Å². The first-order valence-corrected chi connectivity index (χ1v) is 4.51. The van der Waals surface area contributed by atoms with Gasteiger partial charge in [0.25, 0.3) is 0 Å². The molecular formula is C9H21NO2. The zero-order valence-electron chi connectivity index (χ0n) is 8.54. The number of hydrogen-bond acceptors (Lipinski definition) is 3. The summed E-state index contributed by atoms with van der Waals surface area (Å²) in [7, 11) is 0. The molecule has 12 heavy (non-hydrogen) atoms. The van der Waals surface area contributed by atoms with Gasteiger partial charge in [0, 0.05) is 0 Å². The molecule has 0 amide bonds. The third-order valence-electron chi connectivity index (χ3n) is 1.24. The fraction of sp³-hybridized carbons (Fsp3) is 1.00. The molecule has 0 aliphatic heterocycles. The standard InChI is InChI=1S/C9H21NO2/c1-7(2)5-12-9(10)6-11-8(3)4/h7-9H,5-6,10H2,1-4H3. The van der Waals surface area contributed by atoms with Gasteiger partial charge >= 0.3 is 0 Å². The zero-order valence-corrected chi connectivity index (χ0v) is 8.54. The van der Waals surface area contributed by atoms with E-state index in [0.29, 0.717) is 19.1 Å². The molecule has 0 bridgehead atoms. The predicted molar refractivity (Wildman–Crippen MR) is 49.9 cm³/mol. The Balaban J connectivity index is 3.27. The van der Waals surface area contributed by atoms with Gasteiger partial charge in [0.2, 0.25) is 0 Å². The van der Waals surface area contributed by atoms with Gasteiger partial charge in [-0.05, 0) is 19.8 Å². The topological polar surface area (TPSA) is 44.5 Å². The van der Waals surface area contributed by atoms with Crippen molar-refractivity contribution in [2.75, 3.05) is 13.2 Å². The van der Waals surface area contributed by atoms with Crippen LogP contribution in [0.25, 0.3) is 0 Å². The number of ether oxygens (including phenoxy) is 2. The van der Waals surface area contributed by atoms with Crippen molar-refractivity contribution >= 4 is 0 Å². The molecule has 0 radical (unpaired) electrons. The summed E-state index contributed by atoms with van der Waals surface area (Å²) in [5, 5.41) is 0. The molecule has 1 unspecified atom stereocenters. The molecule has 0 aromatic carbocycles. The quantitative estimate of drug-likeness (QED) is 0.620. The van der Waals surface area contributed by atoms with Gasteiger partial charge in [0.05, 0.1) is 19.3 Å². The molecule has 0 saturated heterocycles. The lowest BCUT2D eigenvalue weighted by molar-refractivity contribution is -0.0392. The van der Waals surface area contributed by atoms with Crippen LogP contribution in [-0.4, -0.2) is 25.5 Å². The summed E-state index contributed by atoms with van der Waals surface area (Å²) in [6, 6.07) is 0. The summed E-state index contributed by atoms with van der Waals surface area (Å²) in [6.07, 6.45) is -0.0616. The van der Waals surface area contributed by atoms with Crippen LogP contribution in [0.15, 0.2) is 0 Å². The number of nitrogens with two attached hydrogens (primary N) is 1. The molecule has 74 valence electrons. The monoisotopic (exact) mass is 175 g/mol. The van der Waals surface area contributed by atoms with Gasteiger partial charge in [-0.15, -0.1) is 0 Å². The first-order chi connectivity index (χ1) is 5.52. The molecule has 2 N–H and O–H groups in total. The van der Waals surface area contributed by atoms with Crippen molar-refractivity contribution in [3.8, 4) is 0 Å². The van der Waals surface area contributed by atoms with Gasteiger partial charge in [-0.25, -0.2) is 0 Å². The fourth-order valence-electron chi connectivity index (χ4n) is 0.651. The second kappa shape index (κ2) is 6.40. The first-order valence-electron chi connectivity index (χ1n) is 4.51. The molecule has 0 rings (SSSR count). The van der Waals surface area contributed by atoms with Gasteiger partial charge in [0.1, 0.15) is 6.23 Å². The zero-order chi connectivity index (χ0) is 9.56. The molecule has 3 nitrogen and oxygen atoms in total. The van der Waals surface area contributed by atoms with Crippen LogP contribution in [0.2, 0.25) is 0 Å². The average molecular weight is 175 g/mol. The van der Waals surface area contributed by atoms with E-state index in [9.17, 15) is 0 Å². The van der Waals surface area contributed by atoms with Crippen LogP contribution < -0.4 is 5.73 Å². The third-order valence-corrected chi connectivity index (χ3v) is 1.24. The molecule has 0 aromatic heterocycles. The summed E-state index contributed by atoms with van der Waals surface area (Å²) in [4.78, 5) is 0. The summed E-state index contributed by atoms with van der Waals surface area (Å²) in [5.74, 6) is 0.523. The minimum absolute atomic E-state index is 0.221. The highest BCUT2D eigenvalue weighted by Gasteiger charge is 2.04. The van der Waals surface area contributed by atoms with Crippen LogP contribution in [0, 0.1) is 5.92 Å². The Hall–Kier alpha value is -0.120. The van der Waals surface area contributed by atoms with E-state index in [1.165, 1.54) is 0 Å². The van der Waals surface area contributed by atoms with E-state index in [4.69, 9.17) is 15.2 Å². The summed E-state index contributed by atoms with van der Waals surface area (Å²) >= 11 is 0. The van der Waals surface area contributed by atoms with Crippen molar-refractivity contribution in [1.82, 2.24) is 0 Å². The Bertz CT molecular complexity index is 92.7. The molecule has 0 saturated carbocycles. The Morgan fingerprint density at radius 2 is 1.58 bits per heavy atom. The van der Waals surface area contributed by atoms with Crippen molar-refractivity contribution in [1.29, 1.82) is 0 Å². The van der Waals surface area contributed by atoms with Crippen molar-refractivity contribution in [2.24, 2.45) is 11.7 Å². The molecule has 0 fully saturated rings. The maximum Gasteiger partial charge on any atom is 0.129 e. The minimum atomic E-state index is -0.283. The van der Waals surface area contributed by atoms with E-state index in [-0.39, 0.29) is 12.3 Å². The van der Waals surface area contributed by atoms with Crippen molar-refractivity contribution < 1.29 is 9.47 Å². The van der Waals surface area contributed by atoms with Gasteiger partial charge in [-0.2, -0.15) is 0 Å². The Labute approximate surface area is 75.2 Å². The Kier molecular flexibility index (Phi) is 6.34. The highest BCUT2D eigenvalue weighted by atomic mass is 16.5. The molecule has 0 aliphatic rings. The van der Waals surface area contributed by atoms with Crippen molar-refractivity contribution in [2.45, 2.75) is 40.0 Å². The molecule has 1 atom stereocenters. The predicted octanol–water partition coefficient (Wildman–Crippen LogP) is 1.37. The van der Waals surface area contributed by atoms with E-state index in [1.54, 1.807) is 0 Å². The second-order valence-electron chi connectivity index (χ2n) is 3.65. The highest BCUT2D eigenvalue weighted by molar-refractivity contribution is 4.48. The number of rotatable bonds is 6. The Morgan fingerprint density at radius 1 is 1.00 bits per heavy atom. The van der Waals surface area contributed by atoms with Crippen LogP contribution in [0.1, 0.15) is 27.7 Å². The summed E-state index contributed by atoms with van der Waals surface area (Å²) in [5.41, 5.74) is 5.62. The highest BCUT2D eigenvalue weighted by Crippen LogP contribution is 1.96. The Morgan fingerprint density at radius 3 is 2.00 bits per heavy atom. The van der Waals surface area contributed by atoms with Crippen LogP contribution in [0.5, 0.6) is 0 Å². The molecule has 0 spiro atoms. The second-order valence-corrected chi connectivity index (χ2v) is 3.65. The minimum Gasteiger partial charge on any atom is -0.375 e. The molecule has 0 aliphatic carbocycles. The van der Waals surface area contributed by atoms with Gasteiger partial charge < -0.3 is 15.2 Å². The van der Waals surface area contributed by atoms with E-state index in [2.05, 4.69) is 13.8 Å². The van der Waals surface area contributed by atoms with Crippen molar-refractivity contribution in [3.63, 3.8) is 0 Å². The van der Waals surface area contributed by atoms with Gasteiger partial charge in [-0.3, -0.25) is 0 Å². The lowest BCUT2D eigenvalue weighted by Gasteiger charge is -2.16. The summed E-state index contributed by atoms with van der Waals surface area (Å²) in [6.45, 7) is 9.32. The van der Waals surface area contributed by atoms with Crippen molar-refractivity contribution in [3.05, 3.63) is 0 Å². The normalized spacial score (nSPS) is 14.2. The fourth-order valence-corrected chi connectivity index (χ4v) is 0.651. The lowest BCUT2D eigenvalue weighted by atomic mass is 10.2. The largest absolute Gasteiger partial charge is 0.375 e. The van der Waals surface area contributed by atoms with Gasteiger partial charge in [-0.1, -0.05) is 13.8 Å². The van der Waals surface area contributed by atoms with E-state index in [0.717, 1.165) is 0 Å². The number of hydrogen-bond donors (Lipinski definition) is 1. The first kappa shape index (κ1) is 11.9. The van der Waals surface area contributed by atoms with E-state index >= 15 is 0 Å². The maximum atomic E-state index is 5.62. The molecular weight excluding hydrogens is 154 g/mol. The van der Waals surface area contributed by atoms with E-state index in [1.807, 2.05) is 13.8 Å². The lowest BCUT2D eigenvalue weighted by Crippen LogP contribution is -2.31. The van der Waals surface area contributed by atoms with Crippen LogP contribution >= 0.6 is 0 Å². The smallest absolute Gasteiger partial charge is 0.129 e. The van der Waals surface area contributed by atoms with Crippen LogP contribution in [0.4, 0.5) is 0 Å². The molecule has 0 aromatic rings. The van der Waals surface area contributed by atoms with Gasteiger partial charge in [0.15, 0.2) is 0 Å².